The summed E-state index contributed by atoms with van der Waals surface area (Å²) in [6.07, 6.45) is 9.42. The lowest BCUT2D eigenvalue weighted by atomic mass is 9.96. The van der Waals surface area contributed by atoms with E-state index in [1.165, 1.54) is 5.57 Å². The molecule has 37 heavy (non-hydrogen) atoms. The predicted molar refractivity (Wildman–Crippen MR) is 144 cm³/mol. The van der Waals surface area contributed by atoms with Crippen molar-refractivity contribution in [2.24, 2.45) is 0 Å². The normalized spacial score (nSPS) is 14.4. The smallest absolute Gasteiger partial charge is 0.200 e. The first-order chi connectivity index (χ1) is 17.4. The maximum atomic E-state index is 13.8. The topological polar surface area (TPSA) is 120 Å². The van der Waals surface area contributed by atoms with Crippen LogP contribution in [0.2, 0.25) is 0 Å². The van der Waals surface area contributed by atoms with Gasteiger partial charge in [0.1, 0.15) is 39.6 Å². The van der Waals surface area contributed by atoms with Crippen molar-refractivity contribution in [3.05, 3.63) is 68.9 Å². The summed E-state index contributed by atoms with van der Waals surface area (Å²) >= 11 is 0. The number of ether oxygens (including phenoxy) is 1. The summed E-state index contributed by atoms with van der Waals surface area (Å²) in [5, 5.41) is 41.6. The molecule has 1 aliphatic rings. The van der Waals surface area contributed by atoms with Gasteiger partial charge in [0, 0.05) is 17.7 Å². The maximum Gasteiger partial charge on any atom is 0.200 e. The zero-order valence-electron chi connectivity index (χ0n) is 21.7. The van der Waals surface area contributed by atoms with Gasteiger partial charge in [0.2, 0.25) is 5.43 Å². The Morgan fingerprint density at radius 2 is 1.68 bits per heavy atom. The van der Waals surface area contributed by atoms with Crippen LogP contribution in [-0.4, -0.2) is 26.0 Å². The second kappa shape index (κ2) is 9.73. The highest BCUT2D eigenvalue weighted by molar-refractivity contribution is 5.93. The van der Waals surface area contributed by atoms with Gasteiger partial charge in [-0.2, -0.15) is 0 Å². The highest BCUT2D eigenvalue weighted by Gasteiger charge is 2.28. The van der Waals surface area contributed by atoms with Crippen LogP contribution in [0.3, 0.4) is 0 Å². The Morgan fingerprint density at radius 3 is 2.38 bits per heavy atom. The molecule has 1 aliphatic heterocycles. The Bertz CT molecular complexity index is 1530. The molecule has 4 rings (SSSR count). The van der Waals surface area contributed by atoms with E-state index in [0.29, 0.717) is 11.3 Å². The number of hydrogen-bond donors (Lipinski definition) is 4. The molecule has 7 nitrogen and oxygen atoms in total. The van der Waals surface area contributed by atoms with Crippen molar-refractivity contribution in [3.8, 4) is 40.1 Å². The molecule has 2 heterocycles. The second-order valence-corrected chi connectivity index (χ2v) is 10.2. The summed E-state index contributed by atoms with van der Waals surface area (Å²) in [5.41, 5.74) is 1.91. The molecule has 0 fully saturated rings. The Morgan fingerprint density at radius 1 is 0.973 bits per heavy atom. The van der Waals surface area contributed by atoms with Gasteiger partial charge in [-0.3, -0.25) is 4.79 Å². The molecule has 0 saturated heterocycles. The zero-order chi connectivity index (χ0) is 27.1. The van der Waals surface area contributed by atoms with E-state index in [4.69, 9.17) is 9.15 Å². The molecule has 0 unspecified atom stereocenters. The van der Waals surface area contributed by atoms with E-state index < -0.39 is 22.5 Å². The van der Waals surface area contributed by atoms with Crippen LogP contribution in [0.15, 0.2) is 56.8 Å². The Hall–Kier alpha value is -4.13. The molecule has 0 spiro atoms. The number of allylic oxidation sites excluding steroid dienone is 4. The molecule has 194 valence electrons. The molecule has 0 radical (unpaired) electrons. The summed E-state index contributed by atoms with van der Waals surface area (Å²) in [4.78, 5) is 13.8. The molecule has 0 aliphatic carbocycles. The molecule has 0 atom stereocenters. The Labute approximate surface area is 215 Å². The third kappa shape index (κ3) is 5.21. The minimum atomic E-state index is -0.620. The molecule has 2 aromatic carbocycles. The van der Waals surface area contributed by atoms with Gasteiger partial charge >= 0.3 is 0 Å². The van der Waals surface area contributed by atoms with Gasteiger partial charge in [-0.15, -0.1) is 0 Å². The molecule has 0 bridgehead atoms. The second-order valence-electron chi connectivity index (χ2n) is 10.2. The molecule has 1 aromatic heterocycles. The first-order valence-corrected chi connectivity index (χ1v) is 12.2. The van der Waals surface area contributed by atoms with Crippen molar-refractivity contribution in [2.45, 2.75) is 59.5 Å². The van der Waals surface area contributed by atoms with E-state index in [-0.39, 0.29) is 45.8 Å². The highest BCUT2D eigenvalue weighted by atomic mass is 16.5. The minimum absolute atomic E-state index is 0.00328. The van der Waals surface area contributed by atoms with E-state index in [0.717, 1.165) is 30.5 Å². The summed E-state index contributed by atoms with van der Waals surface area (Å²) in [6, 6.07) is 3.67. The van der Waals surface area contributed by atoms with Crippen molar-refractivity contribution in [1.29, 1.82) is 0 Å². The van der Waals surface area contributed by atoms with Crippen molar-refractivity contribution < 1.29 is 29.6 Å². The fourth-order valence-corrected chi connectivity index (χ4v) is 4.33. The molecule has 0 amide bonds. The number of hydrogen-bond acceptors (Lipinski definition) is 7. The molecule has 7 heteroatoms. The van der Waals surface area contributed by atoms with Crippen molar-refractivity contribution >= 4 is 17.0 Å². The average molecular weight is 505 g/mol. The highest BCUT2D eigenvalue weighted by Crippen LogP contribution is 2.44. The number of phenolic OH excluding ortho intramolecular Hbond substituents is 4. The number of rotatable bonds is 6. The monoisotopic (exact) mass is 504 g/mol. The van der Waals surface area contributed by atoms with Gasteiger partial charge in [-0.1, -0.05) is 23.3 Å². The third-order valence-corrected chi connectivity index (χ3v) is 6.36. The van der Waals surface area contributed by atoms with E-state index in [2.05, 4.69) is 6.08 Å². The summed E-state index contributed by atoms with van der Waals surface area (Å²) < 4.78 is 12.1. The summed E-state index contributed by atoms with van der Waals surface area (Å²) in [7, 11) is 0. The number of benzene rings is 2. The number of fused-ring (bicyclic) bond motifs is 2. The van der Waals surface area contributed by atoms with Crippen molar-refractivity contribution in [3.63, 3.8) is 0 Å². The van der Waals surface area contributed by atoms with Crippen LogP contribution in [0.25, 0.3) is 28.4 Å². The van der Waals surface area contributed by atoms with Gasteiger partial charge in [0.05, 0.1) is 11.1 Å². The molecular formula is C30H32O7. The van der Waals surface area contributed by atoms with Crippen molar-refractivity contribution in [2.75, 3.05) is 0 Å². The van der Waals surface area contributed by atoms with E-state index in [9.17, 15) is 25.2 Å². The van der Waals surface area contributed by atoms with Crippen molar-refractivity contribution in [1.82, 2.24) is 0 Å². The zero-order valence-corrected chi connectivity index (χ0v) is 21.7. The van der Waals surface area contributed by atoms with E-state index in [1.54, 1.807) is 18.2 Å². The van der Waals surface area contributed by atoms with Gasteiger partial charge in [0.15, 0.2) is 11.5 Å². The van der Waals surface area contributed by atoms with Crippen LogP contribution in [0.5, 0.6) is 28.7 Å². The quantitative estimate of drug-likeness (QED) is 0.167. The van der Waals surface area contributed by atoms with Gasteiger partial charge in [-0.05, 0) is 72.1 Å². The molecule has 3 aromatic rings. The fraction of sp³-hybridized carbons (Fsp3) is 0.300. The van der Waals surface area contributed by atoms with Crippen LogP contribution in [0.4, 0.5) is 0 Å². The lowest BCUT2D eigenvalue weighted by molar-refractivity contribution is 0.158. The maximum absolute atomic E-state index is 13.8. The number of aromatic hydroxyl groups is 4. The lowest BCUT2D eigenvalue weighted by Gasteiger charge is -2.28. The third-order valence-electron chi connectivity index (χ3n) is 6.36. The largest absolute Gasteiger partial charge is 0.507 e. The van der Waals surface area contributed by atoms with Crippen LogP contribution >= 0.6 is 0 Å². The lowest BCUT2D eigenvalue weighted by Crippen LogP contribution is -2.27. The SMILES string of the molecule is CC(C)=CCC/C(C)=C/Cc1c(-c2cc(O)c(O)cc2O)oc2cc3c(c(O)c2c1=O)C=CC(C)(C)O3. The summed E-state index contributed by atoms with van der Waals surface area (Å²) in [5.74, 6) is -1.21. The predicted octanol–water partition coefficient (Wildman–Crippen LogP) is 6.70. The van der Waals surface area contributed by atoms with Gasteiger partial charge < -0.3 is 29.6 Å². The van der Waals surface area contributed by atoms with Gasteiger partial charge in [0.25, 0.3) is 0 Å². The van der Waals surface area contributed by atoms with E-state index in [1.807, 2.05) is 40.7 Å². The Balaban J connectivity index is 1.94. The fourth-order valence-electron chi connectivity index (χ4n) is 4.33. The van der Waals surface area contributed by atoms with Crippen LogP contribution in [0.1, 0.15) is 58.6 Å². The van der Waals surface area contributed by atoms with Crippen LogP contribution in [-0.2, 0) is 6.42 Å². The molecule has 0 saturated carbocycles. The standard InChI is InChI=1S/C30H32O7/c1-16(2)7-6-8-17(3)9-10-19-28(35)26-25(15-24-18(27(26)34)11-12-30(4,5)37-24)36-29(19)20-13-22(32)23(33)14-21(20)31/h7,9,11-15,31-34H,6,8,10H2,1-5H3/b17-9+. The first kappa shape index (κ1) is 25.9. The van der Waals surface area contributed by atoms with Gasteiger partial charge in [-0.25, -0.2) is 0 Å². The minimum Gasteiger partial charge on any atom is -0.507 e. The van der Waals surface area contributed by atoms with Crippen LogP contribution in [0, 0.1) is 0 Å². The average Bonchev–Trinajstić information content (AvgIpc) is 2.79. The van der Waals surface area contributed by atoms with E-state index >= 15 is 0 Å². The molecular weight excluding hydrogens is 472 g/mol. The van der Waals surface area contributed by atoms with Crippen LogP contribution < -0.4 is 10.2 Å². The summed E-state index contributed by atoms with van der Waals surface area (Å²) in [6.45, 7) is 9.78. The number of phenols is 4. The Kier molecular flexibility index (Phi) is 6.82. The molecule has 4 N–H and O–H groups in total. The first-order valence-electron chi connectivity index (χ1n) is 12.2.